The zero-order valence-electron chi connectivity index (χ0n) is 22.9. The van der Waals surface area contributed by atoms with Gasteiger partial charge in [-0.2, -0.15) is 0 Å². The average molecular weight is 597 g/mol. The Balaban J connectivity index is 1.60. The fourth-order valence-corrected chi connectivity index (χ4v) is 5.70. The van der Waals surface area contributed by atoms with E-state index in [9.17, 15) is 36.3 Å². The van der Waals surface area contributed by atoms with Gasteiger partial charge in [-0.05, 0) is 26.2 Å². The van der Waals surface area contributed by atoms with Gasteiger partial charge >= 0.3 is 0 Å². The van der Waals surface area contributed by atoms with Gasteiger partial charge in [0.2, 0.25) is 5.43 Å². The first-order valence-electron chi connectivity index (χ1n) is 13.6. The number of unbranched alkanes of at least 4 members (excludes halogenated alkanes) is 1. The summed E-state index contributed by atoms with van der Waals surface area (Å²) < 4.78 is 76.1. The summed E-state index contributed by atoms with van der Waals surface area (Å²) in [4.78, 5) is 47.9. The maximum atomic E-state index is 14.2. The second-order valence-corrected chi connectivity index (χ2v) is 10.8. The van der Waals surface area contributed by atoms with Crippen molar-refractivity contribution < 1.29 is 41.1 Å². The van der Waals surface area contributed by atoms with E-state index in [1.54, 1.807) is 6.92 Å². The van der Waals surface area contributed by atoms with Gasteiger partial charge in [0.1, 0.15) is 28.7 Å². The lowest BCUT2D eigenvalue weighted by atomic mass is 9.84. The van der Waals surface area contributed by atoms with Crippen LogP contribution in [0.2, 0.25) is 0 Å². The molecule has 1 N–H and O–H groups in total. The molecule has 2 amide bonds. The van der Waals surface area contributed by atoms with E-state index in [1.165, 1.54) is 9.47 Å². The molecule has 3 aliphatic rings. The third kappa shape index (κ3) is 5.11. The van der Waals surface area contributed by atoms with E-state index in [4.69, 9.17) is 9.57 Å². The fraction of sp³-hybridized carbons (Fsp3) is 0.500. The number of alkyl halides is 2. The van der Waals surface area contributed by atoms with Gasteiger partial charge in [0.05, 0.1) is 12.6 Å². The van der Waals surface area contributed by atoms with Crippen LogP contribution in [0.5, 0.6) is 5.75 Å². The first-order chi connectivity index (χ1) is 20.0. The Kier molecular flexibility index (Phi) is 7.99. The number of ether oxygens (including phenoxy) is 1. The normalized spacial score (nSPS) is 23.0. The highest BCUT2D eigenvalue weighted by atomic mass is 19.3. The summed E-state index contributed by atoms with van der Waals surface area (Å²) in [5, 5.41) is 5.91. The molecule has 2 aromatic rings. The number of rotatable bonds is 8. The quantitative estimate of drug-likeness (QED) is 0.361. The van der Waals surface area contributed by atoms with Crippen LogP contribution in [0.4, 0.5) is 22.0 Å². The van der Waals surface area contributed by atoms with E-state index in [-0.39, 0.29) is 37.7 Å². The monoisotopic (exact) mass is 596 g/mol. The minimum absolute atomic E-state index is 0.0311. The third-order valence-corrected chi connectivity index (χ3v) is 8.08. The molecule has 0 aliphatic carbocycles. The number of benzene rings is 1. The van der Waals surface area contributed by atoms with Crippen molar-refractivity contribution in [1.29, 1.82) is 0 Å². The second kappa shape index (κ2) is 11.4. The lowest BCUT2D eigenvalue weighted by Crippen LogP contribution is -2.52. The molecule has 1 saturated heterocycles. The Morgan fingerprint density at radius 1 is 1.24 bits per heavy atom. The minimum atomic E-state index is -2.86. The van der Waals surface area contributed by atoms with E-state index >= 15 is 0 Å². The molecule has 1 spiro atoms. The van der Waals surface area contributed by atoms with Crippen molar-refractivity contribution >= 4 is 17.5 Å². The molecule has 1 aromatic heterocycles. The number of fused-ring (bicyclic) bond motifs is 5. The van der Waals surface area contributed by atoms with E-state index in [1.807, 2.05) is 6.92 Å². The molecule has 2 bridgehead atoms. The summed E-state index contributed by atoms with van der Waals surface area (Å²) in [7, 11) is 0. The zero-order valence-corrected chi connectivity index (χ0v) is 22.9. The van der Waals surface area contributed by atoms with Crippen molar-refractivity contribution in [3.8, 4) is 5.75 Å². The average Bonchev–Trinajstić information content (AvgIpc) is 3.33. The highest BCUT2D eigenvalue weighted by Crippen LogP contribution is 2.46. The Morgan fingerprint density at radius 2 is 1.95 bits per heavy atom. The number of halogens is 5. The molecule has 3 atom stereocenters. The number of carbonyl (C=O) groups excluding carboxylic acids is 2. The fourth-order valence-electron chi connectivity index (χ4n) is 5.70. The first kappa shape index (κ1) is 29.5. The van der Waals surface area contributed by atoms with Gasteiger partial charge in [0.15, 0.2) is 17.0 Å². The molecule has 0 saturated carbocycles. The van der Waals surface area contributed by atoms with Gasteiger partial charge in [-0.1, -0.05) is 18.5 Å². The molecule has 1 aromatic carbocycles. The summed E-state index contributed by atoms with van der Waals surface area (Å²) in [5.41, 5.74) is -3.95. The Labute approximate surface area is 237 Å². The number of amides is 2. The van der Waals surface area contributed by atoms with Crippen molar-refractivity contribution in [2.45, 2.75) is 76.6 Å². The molecule has 0 unspecified atom stereocenters. The number of nitrogens with one attached hydrogen (secondary N) is 1. The Morgan fingerprint density at radius 3 is 2.60 bits per heavy atom. The number of carbonyl (C=O) groups is 2. The van der Waals surface area contributed by atoms with Gasteiger partial charge in [0, 0.05) is 49.4 Å². The summed E-state index contributed by atoms with van der Waals surface area (Å²) >= 11 is 0. The summed E-state index contributed by atoms with van der Waals surface area (Å²) in [6.07, 6.45) is -0.0877. The third-order valence-electron chi connectivity index (χ3n) is 8.08. The van der Waals surface area contributed by atoms with Gasteiger partial charge in [-0.15, -0.1) is 0 Å². The van der Waals surface area contributed by atoms with Crippen molar-refractivity contribution in [2.75, 3.05) is 13.2 Å². The number of oxime groups is 1. The number of pyridine rings is 1. The van der Waals surface area contributed by atoms with Crippen molar-refractivity contribution in [1.82, 2.24) is 14.8 Å². The minimum Gasteiger partial charge on any atom is -0.487 e. The maximum Gasteiger partial charge on any atom is 0.279 e. The first-order valence-corrected chi connectivity index (χ1v) is 13.6. The topological polar surface area (TPSA) is 102 Å². The van der Waals surface area contributed by atoms with Crippen LogP contribution in [0, 0.1) is 17.5 Å². The Hall–Kier alpha value is -3.97. The van der Waals surface area contributed by atoms with E-state index in [2.05, 4.69) is 10.5 Å². The Bertz CT molecular complexity index is 1490. The van der Waals surface area contributed by atoms with Gasteiger partial charge in [-0.3, -0.25) is 14.4 Å². The van der Waals surface area contributed by atoms with Crippen LogP contribution in [0.3, 0.4) is 0 Å². The van der Waals surface area contributed by atoms with Crippen LogP contribution in [-0.4, -0.2) is 58.2 Å². The number of hydrogen-bond acceptors (Lipinski definition) is 6. The SMILES string of the molecule is CCCCOc1c2n(cc(C(=O)NCc3c(F)cc(F)cc3F)c1=O)[C@@H]1CN(C2=O)[C@@H](C)CC[C@]12CC(C(F)F)=NO2. The highest BCUT2D eigenvalue weighted by molar-refractivity contribution is 5.99. The zero-order chi connectivity index (χ0) is 30.3. The maximum absolute atomic E-state index is 14.2. The standard InChI is InChI=1S/C28H29F5N4O5/c1-3-4-7-41-24-22-27(40)36-13-21(28(6-5-14(36)2)10-20(25(32)33)35-42-28)37(22)12-17(23(24)38)26(39)34-11-16-18(30)8-15(29)9-19(16)31/h8-9,12,14,21,25H,3-7,10-11,13H2,1-2H3,(H,34,39)/t14-,21+,28-/m0/s1. The lowest BCUT2D eigenvalue weighted by molar-refractivity contribution is -0.0656. The largest absolute Gasteiger partial charge is 0.487 e. The van der Waals surface area contributed by atoms with Crippen LogP contribution in [-0.2, 0) is 11.4 Å². The molecule has 4 heterocycles. The lowest BCUT2D eigenvalue weighted by Gasteiger charge is -2.42. The molecule has 14 heteroatoms. The van der Waals surface area contributed by atoms with Crippen LogP contribution in [0.25, 0.3) is 0 Å². The molecule has 226 valence electrons. The van der Waals surface area contributed by atoms with Crippen molar-refractivity contribution in [3.05, 3.63) is 62.8 Å². The molecule has 1 fully saturated rings. The molecule has 9 nitrogen and oxygen atoms in total. The van der Waals surface area contributed by atoms with Crippen LogP contribution in [0.1, 0.15) is 78.4 Å². The van der Waals surface area contributed by atoms with Crippen molar-refractivity contribution in [3.63, 3.8) is 0 Å². The van der Waals surface area contributed by atoms with Crippen LogP contribution >= 0.6 is 0 Å². The van der Waals surface area contributed by atoms with E-state index in [0.29, 0.717) is 31.4 Å². The molecule has 0 radical (unpaired) electrons. The summed E-state index contributed by atoms with van der Waals surface area (Å²) in [6.45, 7) is 3.06. The highest BCUT2D eigenvalue weighted by Gasteiger charge is 2.55. The number of hydrogen-bond donors (Lipinski definition) is 1. The predicted molar refractivity (Wildman–Crippen MR) is 139 cm³/mol. The summed E-state index contributed by atoms with van der Waals surface area (Å²) in [5.74, 6) is -5.57. The molecule has 3 aliphatic heterocycles. The van der Waals surface area contributed by atoms with Crippen LogP contribution < -0.4 is 15.5 Å². The molecule has 5 rings (SSSR count). The number of aromatic nitrogens is 1. The van der Waals surface area contributed by atoms with Gasteiger partial charge in [0.25, 0.3) is 18.2 Å². The molecule has 42 heavy (non-hydrogen) atoms. The molecular formula is C28H29F5N4O5. The van der Waals surface area contributed by atoms with E-state index < -0.39 is 81.9 Å². The molecular weight excluding hydrogens is 567 g/mol. The van der Waals surface area contributed by atoms with Crippen molar-refractivity contribution in [2.24, 2.45) is 5.16 Å². The van der Waals surface area contributed by atoms with Gasteiger partial charge < -0.3 is 24.4 Å². The smallest absolute Gasteiger partial charge is 0.279 e. The van der Waals surface area contributed by atoms with Crippen LogP contribution in [0.15, 0.2) is 28.3 Å². The van der Waals surface area contributed by atoms with Gasteiger partial charge in [-0.25, -0.2) is 22.0 Å². The predicted octanol–water partition coefficient (Wildman–Crippen LogP) is 4.33. The van der Waals surface area contributed by atoms with E-state index in [0.717, 1.165) is 6.20 Å². The number of nitrogens with zero attached hydrogens (tertiary/aromatic N) is 3. The second-order valence-electron chi connectivity index (χ2n) is 10.8. The summed E-state index contributed by atoms with van der Waals surface area (Å²) in [6, 6.07) is -0.240.